The predicted octanol–water partition coefficient (Wildman–Crippen LogP) is 5.35. The van der Waals surface area contributed by atoms with Crippen LogP contribution in [0.2, 0.25) is 0 Å². The van der Waals surface area contributed by atoms with Gasteiger partial charge in [0.2, 0.25) is 11.8 Å². The van der Waals surface area contributed by atoms with Crippen molar-refractivity contribution in [3.8, 4) is 0 Å². The number of carbonyl (C=O) groups is 3. The molecule has 0 bridgehead atoms. The number of hydrogen-bond acceptors (Lipinski definition) is 5. The van der Waals surface area contributed by atoms with Gasteiger partial charge in [-0.25, -0.2) is 5.01 Å². The molecule has 0 unspecified atom stereocenters. The molecule has 0 aromatic heterocycles. The number of aryl methyl sites for hydroxylation is 1. The van der Waals surface area contributed by atoms with Crippen molar-refractivity contribution in [3.63, 3.8) is 0 Å². The molecule has 41 heavy (non-hydrogen) atoms. The Morgan fingerprint density at radius 3 is 2.39 bits per heavy atom. The van der Waals surface area contributed by atoms with Crippen molar-refractivity contribution < 1.29 is 37.4 Å². The Bertz CT molecular complexity index is 1430. The second kappa shape index (κ2) is 12.7. The van der Waals surface area contributed by atoms with Gasteiger partial charge in [-0.3, -0.25) is 14.4 Å². The molecule has 0 fully saturated rings. The molecule has 0 saturated heterocycles. The Labute approximate surface area is 234 Å². The van der Waals surface area contributed by atoms with E-state index in [0.717, 1.165) is 6.92 Å². The van der Waals surface area contributed by atoms with Crippen molar-refractivity contribution in [1.29, 1.82) is 0 Å². The van der Waals surface area contributed by atoms with E-state index in [2.05, 4.69) is 10.4 Å². The van der Waals surface area contributed by atoms with Crippen molar-refractivity contribution >= 4 is 29.4 Å². The summed E-state index contributed by atoms with van der Waals surface area (Å²) in [6.07, 6.45) is -4.55. The van der Waals surface area contributed by atoms with Crippen LogP contribution in [0.15, 0.2) is 84.0 Å². The number of carboxylic acids is 1. The van der Waals surface area contributed by atoms with E-state index in [-0.39, 0.29) is 49.0 Å². The minimum Gasteiger partial charge on any atom is -0.481 e. The van der Waals surface area contributed by atoms with Gasteiger partial charge in [-0.1, -0.05) is 61.5 Å². The summed E-state index contributed by atoms with van der Waals surface area (Å²) in [5, 5.41) is 17.0. The second-order valence-corrected chi connectivity index (χ2v) is 9.64. The van der Waals surface area contributed by atoms with Crippen LogP contribution >= 0.6 is 0 Å². The molecule has 0 spiro atoms. The van der Waals surface area contributed by atoms with Gasteiger partial charge in [0, 0.05) is 17.7 Å². The summed E-state index contributed by atoms with van der Waals surface area (Å²) in [7, 11) is 0. The van der Waals surface area contributed by atoms with Gasteiger partial charge in [0.1, 0.15) is 0 Å². The zero-order chi connectivity index (χ0) is 29.6. The molecule has 0 aliphatic carbocycles. The Kier molecular flexibility index (Phi) is 9.06. The summed E-state index contributed by atoms with van der Waals surface area (Å²) < 4.78 is 46.9. The van der Waals surface area contributed by atoms with Crippen molar-refractivity contribution in [1.82, 2.24) is 5.01 Å². The molecule has 0 saturated carbocycles. The highest BCUT2D eigenvalue weighted by Crippen LogP contribution is 2.38. The van der Waals surface area contributed by atoms with Gasteiger partial charge < -0.3 is 15.2 Å². The van der Waals surface area contributed by atoms with E-state index in [1.807, 2.05) is 18.2 Å². The van der Waals surface area contributed by atoms with Gasteiger partial charge in [-0.05, 0) is 47.4 Å². The zero-order valence-corrected chi connectivity index (χ0v) is 22.1. The SMILES string of the molecule is C[C@H]([C@H](C(=O)Nc1cccc(CCC(=O)O)c1)c1ccc(CN2N=C(c3ccccc3)OCC2=O)cc1)C(F)(F)F. The van der Waals surface area contributed by atoms with E-state index in [9.17, 15) is 27.6 Å². The standard InChI is InChI=1S/C30H28F3N3O5/c1-19(30(31,32)33)27(28(40)34-24-9-5-6-20(16-24)12-15-26(38)39)22-13-10-21(11-14-22)17-36-25(37)18-41-29(35-36)23-7-3-2-4-8-23/h2-11,13-14,16,19,27H,12,15,17-18H2,1H3,(H,34,40)(H,38,39)/t19-,27+/m1/s1. The van der Waals surface area contributed by atoms with Crippen LogP contribution in [0.1, 0.15) is 41.5 Å². The third-order valence-electron chi connectivity index (χ3n) is 6.64. The van der Waals surface area contributed by atoms with Gasteiger partial charge in [0.15, 0.2) is 6.61 Å². The van der Waals surface area contributed by atoms with E-state index in [1.54, 1.807) is 42.5 Å². The average molecular weight is 568 g/mol. The van der Waals surface area contributed by atoms with E-state index >= 15 is 0 Å². The molecule has 3 aromatic carbocycles. The van der Waals surface area contributed by atoms with Crippen molar-refractivity contribution in [2.75, 3.05) is 11.9 Å². The maximum atomic E-state index is 13.8. The van der Waals surface area contributed by atoms with Crippen LogP contribution in [0.3, 0.4) is 0 Å². The number of ether oxygens (including phenoxy) is 1. The summed E-state index contributed by atoms with van der Waals surface area (Å²) in [6.45, 7) is 0.815. The van der Waals surface area contributed by atoms with Crippen LogP contribution in [0.4, 0.5) is 18.9 Å². The monoisotopic (exact) mass is 567 g/mol. The first kappa shape index (κ1) is 29.3. The molecule has 2 amide bonds. The highest BCUT2D eigenvalue weighted by Gasteiger charge is 2.45. The van der Waals surface area contributed by atoms with Crippen molar-refractivity contribution in [2.45, 2.75) is 38.4 Å². The molecular weight excluding hydrogens is 539 g/mol. The minimum absolute atomic E-state index is 0.0631. The fraction of sp³-hybridized carbons (Fsp3) is 0.267. The molecule has 4 rings (SSSR count). The van der Waals surface area contributed by atoms with E-state index in [1.165, 1.54) is 23.2 Å². The lowest BCUT2D eigenvalue weighted by atomic mass is 9.85. The van der Waals surface area contributed by atoms with E-state index in [4.69, 9.17) is 9.84 Å². The highest BCUT2D eigenvalue weighted by molar-refractivity contribution is 5.98. The van der Waals surface area contributed by atoms with E-state index in [0.29, 0.717) is 16.7 Å². The lowest BCUT2D eigenvalue weighted by Crippen LogP contribution is -2.36. The highest BCUT2D eigenvalue weighted by atomic mass is 19.4. The molecule has 2 N–H and O–H groups in total. The number of anilines is 1. The van der Waals surface area contributed by atoms with Crippen LogP contribution in [0.5, 0.6) is 0 Å². The number of amides is 2. The number of hydrogen-bond donors (Lipinski definition) is 2. The smallest absolute Gasteiger partial charge is 0.392 e. The minimum atomic E-state index is -4.65. The molecule has 1 aliphatic rings. The first-order valence-electron chi connectivity index (χ1n) is 12.9. The summed E-state index contributed by atoms with van der Waals surface area (Å²) in [6, 6.07) is 21.4. The van der Waals surface area contributed by atoms with Crippen LogP contribution in [0.25, 0.3) is 0 Å². The number of aliphatic carboxylic acids is 1. The van der Waals surface area contributed by atoms with E-state index < -0.39 is 29.9 Å². The van der Waals surface area contributed by atoms with Crippen LogP contribution in [-0.2, 0) is 32.1 Å². The summed E-state index contributed by atoms with van der Waals surface area (Å²) in [5.41, 5.74) is 2.35. The summed E-state index contributed by atoms with van der Waals surface area (Å²) >= 11 is 0. The molecule has 214 valence electrons. The largest absolute Gasteiger partial charge is 0.481 e. The van der Waals surface area contributed by atoms with Gasteiger partial charge in [0.25, 0.3) is 5.91 Å². The maximum absolute atomic E-state index is 13.8. The van der Waals surface area contributed by atoms with Gasteiger partial charge in [0.05, 0.1) is 18.4 Å². The molecule has 0 radical (unpaired) electrons. The number of nitrogens with zero attached hydrogens (tertiary/aromatic N) is 2. The molecule has 1 aliphatic heterocycles. The Morgan fingerprint density at radius 1 is 1.02 bits per heavy atom. The second-order valence-electron chi connectivity index (χ2n) is 9.64. The third kappa shape index (κ3) is 7.71. The third-order valence-corrected chi connectivity index (χ3v) is 6.64. The first-order valence-corrected chi connectivity index (χ1v) is 12.9. The fourth-order valence-corrected chi connectivity index (χ4v) is 4.38. The topological polar surface area (TPSA) is 108 Å². The number of halogens is 3. The number of carbonyl (C=O) groups excluding carboxylic acids is 2. The van der Waals surface area contributed by atoms with Gasteiger partial charge >= 0.3 is 12.1 Å². The summed E-state index contributed by atoms with van der Waals surface area (Å²) in [5.74, 6) is -5.48. The zero-order valence-electron chi connectivity index (χ0n) is 22.1. The molecule has 11 heteroatoms. The van der Waals surface area contributed by atoms with Crippen LogP contribution < -0.4 is 5.32 Å². The number of hydrazone groups is 1. The number of carboxylic acid groups (broad SMARTS) is 1. The fourth-order valence-electron chi connectivity index (χ4n) is 4.38. The number of rotatable bonds is 10. The number of alkyl halides is 3. The maximum Gasteiger partial charge on any atom is 0.392 e. The summed E-state index contributed by atoms with van der Waals surface area (Å²) in [4.78, 5) is 36.5. The van der Waals surface area contributed by atoms with Gasteiger partial charge in [-0.15, -0.1) is 5.10 Å². The molecule has 1 heterocycles. The molecule has 3 aromatic rings. The van der Waals surface area contributed by atoms with Crippen LogP contribution in [0, 0.1) is 5.92 Å². The normalized spacial score (nSPS) is 15.0. The lowest BCUT2D eigenvalue weighted by molar-refractivity contribution is -0.178. The van der Waals surface area contributed by atoms with Crippen molar-refractivity contribution in [2.24, 2.45) is 11.0 Å². The molecule has 2 atom stereocenters. The molecular formula is C30H28F3N3O5. The number of benzene rings is 3. The lowest BCUT2D eigenvalue weighted by Gasteiger charge is -2.26. The predicted molar refractivity (Wildman–Crippen MR) is 145 cm³/mol. The quantitative estimate of drug-likeness (QED) is 0.344. The van der Waals surface area contributed by atoms with Gasteiger partial charge in [-0.2, -0.15) is 13.2 Å². The Morgan fingerprint density at radius 2 is 1.73 bits per heavy atom. The Hall–Kier alpha value is -4.67. The average Bonchev–Trinajstić information content (AvgIpc) is 2.94. The Balaban J connectivity index is 1.53. The van der Waals surface area contributed by atoms with Crippen LogP contribution in [-0.4, -0.2) is 46.6 Å². The van der Waals surface area contributed by atoms with Crippen molar-refractivity contribution in [3.05, 3.63) is 101 Å². The molecule has 8 nitrogen and oxygen atoms in total. The first-order chi connectivity index (χ1) is 19.5. The number of nitrogens with one attached hydrogen (secondary N) is 1.